The van der Waals surface area contributed by atoms with Crippen molar-refractivity contribution in [2.24, 2.45) is 0 Å². The number of carbonyl (C=O) groups excluding carboxylic acids is 1. The summed E-state index contributed by atoms with van der Waals surface area (Å²) in [5.41, 5.74) is 2.90. The summed E-state index contributed by atoms with van der Waals surface area (Å²) in [6.07, 6.45) is 0.487. The maximum Gasteiger partial charge on any atom is 0.274 e. The Hall–Kier alpha value is -3.13. The van der Waals surface area contributed by atoms with Crippen molar-refractivity contribution < 1.29 is 17.9 Å². The first-order chi connectivity index (χ1) is 14.9. The van der Waals surface area contributed by atoms with Gasteiger partial charge in [0.05, 0.1) is 30.4 Å². The minimum atomic E-state index is -3.10. The van der Waals surface area contributed by atoms with Crippen LogP contribution in [0, 0.1) is 0 Å². The van der Waals surface area contributed by atoms with E-state index < -0.39 is 9.84 Å². The molecule has 1 saturated heterocycles. The normalized spacial score (nSPS) is 17.4. The van der Waals surface area contributed by atoms with Gasteiger partial charge in [0, 0.05) is 19.2 Å². The number of nitrogens with zero attached hydrogens (tertiary/aromatic N) is 3. The third-order valence-corrected chi connectivity index (χ3v) is 7.25. The minimum Gasteiger partial charge on any atom is -0.497 e. The first-order valence-corrected chi connectivity index (χ1v) is 11.9. The van der Waals surface area contributed by atoms with Crippen LogP contribution in [0.5, 0.6) is 5.75 Å². The van der Waals surface area contributed by atoms with Crippen molar-refractivity contribution >= 4 is 15.7 Å². The highest BCUT2D eigenvalue weighted by Crippen LogP contribution is 2.31. The highest BCUT2D eigenvalue weighted by molar-refractivity contribution is 7.91. The molecule has 162 valence electrons. The lowest BCUT2D eigenvalue weighted by Crippen LogP contribution is -2.27. The molecule has 0 bridgehead atoms. The molecule has 1 unspecified atom stereocenters. The van der Waals surface area contributed by atoms with Crippen molar-refractivity contribution in [1.82, 2.24) is 14.7 Å². The number of sulfone groups is 1. The smallest absolute Gasteiger partial charge is 0.274 e. The molecule has 3 aromatic rings. The maximum absolute atomic E-state index is 13.1. The zero-order valence-corrected chi connectivity index (χ0v) is 18.4. The number of carbonyl (C=O) groups is 1. The number of ether oxygens (including phenoxy) is 1. The molecule has 31 heavy (non-hydrogen) atoms. The molecule has 0 radical (unpaired) electrons. The molecule has 1 fully saturated rings. The maximum atomic E-state index is 13.1. The molecule has 1 atom stereocenters. The van der Waals surface area contributed by atoms with E-state index in [1.165, 1.54) is 0 Å². The SMILES string of the molecule is COc1ccc(-c2cc(C(=O)N(C)Cc3ccccc3)nn2C2CCS(=O)(=O)C2)cc1. The van der Waals surface area contributed by atoms with E-state index in [0.717, 1.165) is 22.6 Å². The Morgan fingerprint density at radius 2 is 1.87 bits per heavy atom. The van der Waals surface area contributed by atoms with Crippen LogP contribution in [-0.2, 0) is 16.4 Å². The zero-order valence-electron chi connectivity index (χ0n) is 17.6. The molecule has 0 spiro atoms. The van der Waals surface area contributed by atoms with Crippen LogP contribution < -0.4 is 4.74 Å². The average Bonchev–Trinajstić information content (AvgIpc) is 3.37. The summed E-state index contributed by atoms with van der Waals surface area (Å²) < 4.78 is 31.1. The number of amides is 1. The van der Waals surface area contributed by atoms with E-state index in [1.807, 2.05) is 54.6 Å². The fourth-order valence-corrected chi connectivity index (χ4v) is 5.54. The fraction of sp³-hybridized carbons (Fsp3) is 0.304. The Bertz CT molecular complexity index is 1170. The molecule has 0 saturated carbocycles. The standard InChI is InChI=1S/C23H25N3O4S/c1-25(15-17-6-4-3-5-7-17)23(27)21-14-22(18-8-10-20(30-2)11-9-18)26(24-21)19-12-13-31(28,29)16-19/h3-11,14,19H,12-13,15-16H2,1-2H3. The summed E-state index contributed by atoms with van der Waals surface area (Å²) in [7, 11) is 0.239. The molecule has 7 nitrogen and oxygen atoms in total. The van der Waals surface area contributed by atoms with Crippen LogP contribution in [0.3, 0.4) is 0 Å². The van der Waals surface area contributed by atoms with Gasteiger partial charge in [0.25, 0.3) is 5.91 Å². The van der Waals surface area contributed by atoms with Gasteiger partial charge in [-0.1, -0.05) is 30.3 Å². The second-order valence-corrected chi connectivity index (χ2v) is 10.0. The molecule has 4 rings (SSSR count). The summed E-state index contributed by atoms with van der Waals surface area (Å²) >= 11 is 0. The Balaban J connectivity index is 1.67. The van der Waals surface area contributed by atoms with Crippen molar-refractivity contribution in [2.75, 3.05) is 25.7 Å². The third kappa shape index (κ3) is 4.64. The van der Waals surface area contributed by atoms with E-state index >= 15 is 0 Å². The molecule has 1 aromatic heterocycles. The molecule has 0 aliphatic carbocycles. The van der Waals surface area contributed by atoms with Gasteiger partial charge in [-0.05, 0) is 42.3 Å². The lowest BCUT2D eigenvalue weighted by molar-refractivity contribution is 0.0778. The number of rotatable bonds is 6. The molecule has 8 heteroatoms. The van der Waals surface area contributed by atoms with E-state index in [2.05, 4.69) is 5.10 Å². The number of methoxy groups -OCH3 is 1. The van der Waals surface area contributed by atoms with Crippen molar-refractivity contribution in [1.29, 1.82) is 0 Å². The second-order valence-electron chi connectivity index (χ2n) is 7.79. The van der Waals surface area contributed by atoms with Crippen LogP contribution in [0.4, 0.5) is 0 Å². The third-order valence-electron chi connectivity index (χ3n) is 5.50. The monoisotopic (exact) mass is 439 g/mol. The number of benzene rings is 2. The number of hydrogen-bond acceptors (Lipinski definition) is 5. The fourth-order valence-electron chi connectivity index (χ4n) is 3.85. The lowest BCUT2D eigenvalue weighted by atomic mass is 10.1. The van der Waals surface area contributed by atoms with Gasteiger partial charge < -0.3 is 9.64 Å². The van der Waals surface area contributed by atoms with Gasteiger partial charge in [-0.3, -0.25) is 9.48 Å². The van der Waals surface area contributed by atoms with E-state index in [-0.39, 0.29) is 23.5 Å². The van der Waals surface area contributed by atoms with Crippen LogP contribution in [-0.4, -0.2) is 54.7 Å². The summed E-state index contributed by atoms with van der Waals surface area (Å²) in [5.74, 6) is 0.678. The first-order valence-electron chi connectivity index (χ1n) is 10.1. The van der Waals surface area contributed by atoms with Gasteiger partial charge in [-0.15, -0.1) is 0 Å². The van der Waals surface area contributed by atoms with Gasteiger partial charge in [-0.25, -0.2) is 8.42 Å². The van der Waals surface area contributed by atoms with E-state index in [1.54, 1.807) is 29.8 Å². The highest BCUT2D eigenvalue weighted by atomic mass is 32.2. The van der Waals surface area contributed by atoms with Gasteiger partial charge >= 0.3 is 0 Å². The van der Waals surface area contributed by atoms with Crippen LogP contribution >= 0.6 is 0 Å². The van der Waals surface area contributed by atoms with Crippen LogP contribution in [0.1, 0.15) is 28.5 Å². The van der Waals surface area contributed by atoms with Crippen molar-refractivity contribution in [3.05, 3.63) is 71.9 Å². The van der Waals surface area contributed by atoms with E-state index in [9.17, 15) is 13.2 Å². The Morgan fingerprint density at radius 1 is 1.16 bits per heavy atom. The van der Waals surface area contributed by atoms with Crippen LogP contribution in [0.15, 0.2) is 60.7 Å². The summed E-state index contributed by atoms with van der Waals surface area (Å²) in [5, 5.41) is 4.57. The molecule has 0 N–H and O–H groups in total. The molecule has 1 amide bonds. The van der Waals surface area contributed by atoms with Gasteiger partial charge in [-0.2, -0.15) is 5.10 Å². The van der Waals surface area contributed by atoms with Crippen LogP contribution in [0.25, 0.3) is 11.3 Å². The second kappa shape index (κ2) is 8.55. The molecule has 2 aromatic carbocycles. The number of aromatic nitrogens is 2. The molecule has 2 heterocycles. The largest absolute Gasteiger partial charge is 0.497 e. The minimum absolute atomic E-state index is 0.0331. The Morgan fingerprint density at radius 3 is 2.48 bits per heavy atom. The van der Waals surface area contributed by atoms with Gasteiger partial charge in [0.2, 0.25) is 0 Å². The summed E-state index contributed by atoms with van der Waals surface area (Å²) in [6.45, 7) is 0.461. The van der Waals surface area contributed by atoms with E-state index in [4.69, 9.17) is 4.74 Å². The summed E-state index contributed by atoms with van der Waals surface area (Å²) in [4.78, 5) is 14.7. The van der Waals surface area contributed by atoms with E-state index in [0.29, 0.717) is 18.7 Å². The van der Waals surface area contributed by atoms with Gasteiger partial charge in [0.1, 0.15) is 5.75 Å². The highest BCUT2D eigenvalue weighted by Gasteiger charge is 2.32. The molecular formula is C23H25N3O4S. The zero-order chi connectivity index (χ0) is 22.0. The van der Waals surface area contributed by atoms with Crippen molar-refractivity contribution in [3.8, 4) is 17.0 Å². The van der Waals surface area contributed by atoms with Crippen LogP contribution in [0.2, 0.25) is 0 Å². The predicted octanol–water partition coefficient (Wildman–Crippen LogP) is 3.19. The Labute approximate surface area is 182 Å². The lowest BCUT2D eigenvalue weighted by Gasteiger charge is -2.16. The first kappa shape index (κ1) is 21.1. The van der Waals surface area contributed by atoms with Gasteiger partial charge in [0.15, 0.2) is 15.5 Å². The quantitative estimate of drug-likeness (QED) is 0.589. The van der Waals surface area contributed by atoms with Crippen molar-refractivity contribution in [3.63, 3.8) is 0 Å². The average molecular weight is 440 g/mol. The summed E-state index contributed by atoms with van der Waals surface area (Å²) in [6, 6.07) is 18.6. The number of hydrogen-bond donors (Lipinski definition) is 0. The molecular weight excluding hydrogens is 414 g/mol. The topological polar surface area (TPSA) is 81.5 Å². The molecule has 1 aliphatic heterocycles. The van der Waals surface area contributed by atoms with Crippen molar-refractivity contribution in [2.45, 2.75) is 19.0 Å². The predicted molar refractivity (Wildman–Crippen MR) is 119 cm³/mol. The molecule has 1 aliphatic rings. The Kier molecular flexibility index (Phi) is 5.82.